The third kappa shape index (κ3) is 3.22. The summed E-state index contributed by atoms with van der Waals surface area (Å²) in [6, 6.07) is 12.7. The summed E-state index contributed by atoms with van der Waals surface area (Å²) in [5.41, 5.74) is 2.96. The molecule has 146 valence electrons. The minimum Gasteiger partial charge on any atom is -0.363 e. The van der Waals surface area contributed by atoms with Gasteiger partial charge in [-0.15, -0.1) is 0 Å². The molecule has 7 heteroatoms. The van der Waals surface area contributed by atoms with E-state index in [0.717, 1.165) is 43.9 Å². The van der Waals surface area contributed by atoms with Gasteiger partial charge in [0, 0.05) is 49.5 Å². The molecule has 1 amide bonds. The van der Waals surface area contributed by atoms with Crippen LogP contribution in [0.3, 0.4) is 0 Å². The van der Waals surface area contributed by atoms with Gasteiger partial charge in [-0.05, 0) is 44.2 Å². The summed E-state index contributed by atoms with van der Waals surface area (Å²) in [6.07, 6.45) is 0.795. The van der Waals surface area contributed by atoms with Crippen LogP contribution in [0.1, 0.15) is 22.8 Å². The standard InChI is InChI=1S/C21H24N4O3/c1-15-13-16-5-3-4-6-18(16)24(15)21(26)17-7-8-19(20(14-17)25(27)28)23-11-9-22(2)10-12-23/h3-8,14-15H,9-13H2,1-2H3. The number of carbonyl (C=O) groups excluding carboxylic acids is 1. The molecule has 1 saturated heterocycles. The van der Waals surface area contributed by atoms with Crippen LogP contribution in [0.25, 0.3) is 0 Å². The quantitative estimate of drug-likeness (QED) is 0.605. The summed E-state index contributed by atoms with van der Waals surface area (Å²) in [4.78, 5) is 30.5. The van der Waals surface area contributed by atoms with Gasteiger partial charge in [0.2, 0.25) is 0 Å². The van der Waals surface area contributed by atoms with E-state index < -0.39 is 0 Å². The van der Waals surface area contributed by atoms with Crippen molar-refractivity contribution < 1.29 is 9.72 Å². The van der Waals surface area contributed by atoms with Gasteiger partial charge in [0.15, 0.2) is 0 Å². The molecule has 1 fully saturated rings. The highest BCUT2D eigenvalue weighted by molar-refractivity contribution is 6.08. The van der Waals surface area contributed by atoms with Crippen LogP contribution in [0.2, 0.25) is 0 Å². The number of para-hydroxylation sites is 1. The Labute approximate surface area is 164 Å². The number of likely N-dealkylation sites (N-methyl/N-ethyl adjacent to an activating group) is 1. The number of hydrogen-bond acceptors (Lipinski definition) is 5. The summed E-state index contributed by atoms with van der Waals surface area (Å²) in [6.45, 7) is 5.20. The smallest absolute Gasteiger partial charge is 0.293 e. The lowest BCUT2D eigenvalue weighted by Gasteiger charge is -2.33. The summed E-state index contributed by atoms with van der Waals surface area (Å²) in [5, 5.41) is 11.7. The second kappa shape index (κ2) is 7.24. The average molecular weight is 380 g/mol. The van der Waals surface area contributed by atoms with E-state index in [1.807, 2.05) is 43.1 Å². The molecule has 0 N–H and O–H groups in total. The minimum absolute atomic E-state index is 0.00413. The lowest BCUT2D eigenvalue weighted by Crippen LogP contribution is -2.44. The number of nitro benzene ring substituents is 1. The molecular weight excluding hydrogens is 356 g/mol. The Kier molecular flexibility index (Phi) is 4.77. The second-order valence-electron chi connectivity index (χ2n) is 7.61. The van der Waals surface area contributed by atoms with E-state index >= 15 is 0 Å². The largest absolute Gasteiger partial charge is 0.363 e. The molecule has 0 bridgehead atoms. The Bertz CT molecular complexity index is 922. The number of nitro groups is 1. The molecule has 0 aliphatic carbocycles. The Hall–Kier alpha value is -2.93. The number of fused-ring (bicyclic) bond motifs is 1. The lowest BCUT2D eigenvalue weighted by molar-refractivity contribution is -0.384. The number of hydrogen-bond donors (Lipinski definition) is 0. The van der Waals surface area contributed by atoms with Crippen molar-refractivity contribution in [1.29, 1.82) is 0 Å². The Morgan fingerprint density at radius 1 is 1.07 bits per heavy atom. The third-order valence-corrected chi connectivity index (χ3v) is 5.69. The van der Waals surface area contributed by atoms with Crippen molar-refractivity contribution in [3.63, 3.8) is 0 Å². The highest BCUT2D eigenvalue weighted by Gasteiger charge is 2.32. The molecule has 2 heterocycles. The van der Waals surface area contributed by atoms with Gasteiger partial charge in [-0.1, -0.05) is 18.2 Å². The van der Waals surface area contributed by atoms with Gasteiger partial charge in [-0.2, -0.15) is 0 Å². The maximum Gasteiger partial charge on any atom is 0.293 e. The number of rotatable bonds is 3. The zero-order valence-corrected chi connectivity index (χ0v) is 16.2. The van der Waals surface area contributed by atoms with Crippen LogP contribution >= 0.6 is 0 Å². The summed E-state index contributed by atoms with van der Waals surface area (Å²) < 4.78 is 0. The van der Waals surface area contributed by atoms with E-state index in [0.29, 0.717) is 11.3 Å². The van der Waals surface area contributed by atoms with Crippen LogP contribution in [0.4, 0.5) is 17.1 Å². The van der Waals surface area contributed by atoms with E-state index in [2.05, 4.69) is 4.90 Å². The first-order valence-electron chi connectivity index (χ1n) is 9.59. The molecule has 2 aliphatic rings. The molecule has 2 aromatic rings. The monoisotopic (exact) mass is 380 g/mol. The van der Waals surface area contributed by atoms with Gasteiger partial charge >= 0.3 is 0 Å². The van der Waals surface area contributed by atoms with Crippen molar-refractivity contribution in [3.8, 4) is 0 Å². The summed E-state index contributed by atoms with van der Waals surface area (Å²) in [5.74, 6) is -0.189. The van der Waals surface area contributed by atoms with Crippen LogP contribution in [0.15, 0.2) is 42.5 Å². The molecular formula is C21H24N4O3. The van der Waals surface area contributed by atoms with E-state index in [1.165, 1.54) is 6.07 Å². The molecule has 4 rings (SSSR count). The number of anilines is 2. The van der Waals surface area contributed by atoms with Crippen LogP contribution in [-0.4, -0.2) is 55.0 Å². The first kappa shape index (κ1) is 18.4. The maximum absolute atomic E-state index is 13.2. The fourth-order valence-corrected chi connectivity index (χ4v) is 4.13. The fourth-order valence-electron chi connectivity index (χ4n) is 4.13. The zero-order chi connectivity index (χ0) is 19.8. The molecule has 0 aromatic heterocycles. The SMILES string of the molecule is CC1Cc2ccccc2N1C(=O)c1ccc(N2CCN(C)CC2)c([N+](=O)[O-])c1. The predicted molar refractivity (Wildman–Crippen MR) is 109 cm³/mol. The molecule has 0 radical (unpaired) electrons. The van der Waals surface area contributed by atoms with Gasteiger partial charge in [-0.25, -0.2) is 0 Å². The predicted octanol–water partition coefficient (Wildman–Crippen LogP) is 2.94. The van der Waals surface area contributed by atoms with Crippen LogP contribution in [-0.2, 0) is 6.42 Å². The number of nitrogens with zero attached hydrogens (tertiary/aromatic N) is 4. The number of piperazine rings is 1. The van der Waals surface area contributed by atoms with Gasteiger partial charge in [-0.3, -0.25) is 14.9 Å². The normalized spacial score (nSPS) is 19.6. The van der Waals surface area contributed by atoms with Crippen LogP contribution in [0.5, 0.6) is 0 Å². The van der Waals surface area contributed by atoms with Gasteiger partial charge in [0.1, 0.15) is 5.69 Å². The molecule has 1 atom stereocenters. The van der Waals surface area contributed by atoms with E-state index in [1.54, 1.807) is 17.0 Å². The highest BCUT2D eigenvalue weighted by atomic mass is 16.6. The van der Waals surface area contributed by atoms with Crippen molar-refractivity contribution in [1.82, 2.24) is 4.90 Å². The highest BCUT2D eigenvalue weighted by Crippen LogP contribution is 2.35. The second-order valence-corrected chi connectivity index (χ2v) is 7.61. The van der Waals surface area contributed by atoms with Crippen molar-refractivity contribution in [2.24, 2.45) is 0 Å². The molecule has 28 heavy (non-hydrogen) atoms. The van der Waals surface area contributed by atoms with E-state index in [-0.39, 0.29) is 22.6 Å². The lowest BCUT2D eigenvalue weighted by atomic mass is 10.1. The molecule has 2 aliphatic heterocycles. The number of amides is 1. The molecule has 7 nitrogen and oxygen atoms in total. The van der Waals surface area contributed by atoms with E-state index in [9.17, 15) is 14.9 Å². The zero-order valence-electron chi connectivity index (χ0n) is 16.2. The third-order valence-electron chi connectivity index (χ3n) is 5.69. The first-order valence-corrected chi connectivity index (χ1v) is 9.59. The Morgan fingerprint density at radius 2 is 1.79 bits per heavy atom. The Morgan fingerprint density at radius 3 is 2.50 bits per heavy atom. The molecule has 1 unspecified atom stereocenters. The van der Waals surface area contributed by atoms with Crippen LogP contribution in [0, 0.1) is 10.1 Å². The minimum atomic E-state index is -0.383. The first-order chi connectivity index (χ1) is 13.5. The maximum atomic E-state index is 13.2. The average Bonchev–Trinajstić information content (AvgIpc) is 3.03. The topological polar surface area (TPSA) is 69.9 Å². The summed E-state index contributed by atoms with van der Waals surface area (Å²) >= 11 is 0. The Balaban J connectivity index is 1.66. The van der Waals surface area contributed by atoms with Crippen molar-refractivity contribution in [2.45, 2.75) is 19.4 Å². The number of carbonyl (C=O) groups is 1. The molecule has 0 saturated carbocycles. The van der Waals surface area contributed by atoms with Crippen molar-refractivity contribution >= 4 is 23.0 Å². The van der Waals surface area contributed by atoms with Gasteiger partial charge in [0.05, 0.1) is 4.92 Å². The summed E-state index contributed by atoms with van der Waals surface area (Å²) in [7, 11) is 2.04. The number of benzene rings is 2. The molecule has 0 spiro atoms. The van der Waals surface area contributed by atoms with Gasteiger partial charge < -0.3 is 14.7 Å². The molecule has 2 aromatic carbocycles. The van der Waals surface area contributed by atoms with Crippen molar-refractivity contribution in [3.05, 3.63) is 63.7 Å². The van der Waals surface area contributed by atoms with E-state index in [4.69, 9.17) is 0 Å². The van der Waals surface area contributed by atoms with Crippen LogP contribution < -0.4 is 9.80 Å². The fraction of sp³-hybridized carbons (Fsp3) is 0.381. The van der Waals surface area contributed by atoms with Gasteiger partial charge in [0.25, 0.3) is 11.6 Å². The van der Waals surface area contributed by atoms with Crippen molar-refractivity contribution in [2.75, 3.05) is 43.0 Å².